The van der Waals surface area contributed by atoms with Crippen molar-refractivity contribution in [3.63, 3.8) is 0 Å². The van der Waals surface area contributed by atoms with Crippen molar-refractivity contribution in [3.8, 4) is 11.5 Å². The van der Waals surface area contributed by atoms with Crippen LogP contribution in [0.4, 0.5) is 5.82 Å². The number of piperidine rings is 1. The Balaban J connectivity index is 1.06. The number of aldehydes is 1. The summed E-state index contributed by atoms with van der Waals surface area (Å²) in [6, 6.07) is 3.83. The highest BCUT2D eigenvalue weighted by Gasteiger charge is 2.39. The first-order valence-corrected chi connectivity index (χ1v) is 15.7. The van der Waals surface area contributed by atoms with Crippen LogP contribution in [0.3, 0.4) is 0 Å². The van der Waals surface area contributed by atoms with E-state index in [1.54, 1.807) is 13.8 Å². The minimum atomic E-state index is -0.853. The van der Waals surface area contributed by atoms with Crippen LogP contribution in [0, 0.1) is 5.92 Å². The number of nitrogen functional groups attached to an aromatic ring is 1. The van der Waals surface area contributed by atoms with Gasteiger partial charge in [-0.1, -0.05) is 11.8 Å². The number of fused-ring (bicyclic) bond motifs is 2. The summed E-state index contributed by atoms with van der Waals surface area (Å²) in [5, 5.41) is 0.759. The second-order valence-electron chi connectivity index (χ2n) is 11.2. The number of nitrogens with zero attached hydrogens (tertiary/aromatic N) is 5. The van der Waals surface area contributed by atoms with E-state index in [9.17, 15) is 9.59 Å². The third-order valence-electron chi connectivity index (χ3n) is 7.75. The summed E-state index contributed by atoms with van der Waals surface area (Å²) in [7, 11) is 0. The Labute approximate surface area is 260 Å². The molecule has 0 spiro atoms. The lowest BCUT2D eigenvalue weighted by Crippen LogP contribution is -2.42. The number of hydrogen-bond acceptors (Lipinski definition) is 13. The number of aryl methyl sites for hydroxylation is 1. The fourth-order valence-electron chi connectivity index (χ4n) is 5.45. The van der Waals surface area contributed by atoms with Crippen LogP contribution in [0.25, 0.3) is 11.2 Å². The number of benzene rings is 1. The Hall–Kier alpha value is -2.98. The summed E-state index contributed by atoms with van der Waals surface area (Å²) in [6.07, 6.45) is 3.29. The number of hydrogen-bond donors (Lipinski definition) is 1. The molecule has 43 heavy (non-hydrogen) atoms. The van der Waals surface area contributed by atoms with Gasteiger partial charge >= 0.3 is 5.97 Å². The van der Waals surface area contributed by atoms with Crippen molar-refractivity contribution in [2.75, 3.05) is 38.8 Å². The van der Waals surface area contributed by atoms with Gasteiger partial charge in [-0.2, -0.15) is 0 Å². The highest BCUT2D eigenvalue weighted by Crippen LogP contribution is 2.43. The molecule has 3 aliphatic rings. The van der Waals surface area contributed by atoms with Gasteiger partial charge in [0.15, 0.2) is 57.9 Å². The maximum Gasteiger partial charge on any atom is 0.338 e. The van der Waals surface area contributed by atoms with E-state index in [0.29, 0.717) is 53.8 Å². The van der Waals surface area contributed by atoms with Gasteiger partial charge in [0.05, 0.1) is 6.61 Å². The van der Waals surface area contributed by atoms with Gasteiger partial charge in [0.2, 0.25) is 6.79 Å². The van der Waals surface area contributed by atoms with E-state index in [2.05, 4.69) is 35.4 Å². The van der Waals surface area contributed by atoms with Crippen molar-refractivity contribution < 1.29 is 33.3 Å². The number of rotatable bonds is 10. The molecule has 13 nitrogen and oxygen atoms in total. The fourth-order valence-corrected chi connectivity index (χ4v) is 6.96. The average Bonchev–Trinajstić information content (AvgIpc) is 3.69. The van der Waals surface area contributed by atoms with Gasteiger partial charge in [-0.15, -0.1) is 0 Å². The zero-order valence-corrected chi connectivity index (χ0v) is 26.3. The lowest BCUT2D eigenvalue weighted by atomic mass is 9.93. The van der Waals surface area contributed by atoms with Crippen molar-refractivity contribution in [2.24, 2.45) is 5.92 Å². The molecule has 2 N–H and O–H groups in total. The highest BCUT2D eigenvalue weighted by molar-refractivity contribution is 9.10. The van der Waals surface area contributed by atoms with E-state index < -0.39 is 24.0 Å². The predicted octanol–water partition coefficient (Wildman–Crippen LogP) is 3.42. The number of carbonyl (C=O) groups excluding carboxylic acids is 2. The molecule has 0 aliphatic carbocycles. The zero-order valence-electron chi connectivity index (χ0n) is 23.9. The van der Waals surface area contributed by atoms with Gasteiger partial charge < -0.3 is 34.0 Å². The number of likely N-dealkylation sites (tertiary alicyclic amines) is 1. The number of esters is 1. The van der Waals surface area contributed by atoms with Crippen molar-refractivity contribution in [3.05, 3.63) is 22.9 Å². The molecular formula is C28H33BrN6O7S. The van der Waals surface area contributed by atoms with Gasteiger partial charge in [-0.25, -0.2) is 19.7 Å². The van der Waals surface area contributed by atoms with Crippen LogP contribution in [-0.4, -0.2) is 87.7 Å². The second-order valence-corrected chi connectivity index (χ2v) is 13.0. The Bertz CT molecular complexity index is 1510. The molecule has 0 radical (unpaired) electrons. The molecule has 2 saturated heterocycles. The predicted molar refractivity (Wildman–Crippen MR) is 159 cm³/mol. The summed E-state index contributed by atoms with van der Waals surface area (Å²) in [4.78, 5) is 40.7. The van der Waals surface area contributed by atoms with Crippen LogP contribution in [0.2, 0.25) is 0 Å². The fraction of sp³-hybridized carbons (Fsp3) is 0.536. The standard InChI is InChI=1S/C28H33BrN6O7S/c1-28(2)40-13-21(42-28)26(37)41-17(12-36)11-34-6-3-16(4-7-34)5-8-35-25-23(24(30)31-14-32-25)33-27(35)43-22-10-20-19(9-18(22)29)38-15-39-20/h9-10,12,14,16-17,21H,3-8,11,13,15H2,1-2H3,(H2,30,31,32)/t17-,21-/m0/s1. The largest absolute Gasteiger partial charge is 0.454 e. The van der Waals surface area contributed by atoms with Crippen LogP contribution in [0.1, 0.15) is 33.1 Å². The van der Waals surface area contributed by atoms with Crippen molar-refractivity contribution in [1.29, 1.82) is 0 Å². The third kappa shape index (κ3) is 6.75. The van der Waals surface area contributed by atoms with E-state index in [0.717, 1.165) is 46.9 Å². The van der Waals surface area contributed by atoms with Crippen molar-refractivity contribution in [2.45, 2.75) is 67.7 Å². The Morgan fingerprint density at radius 3 is 2.74 bits per heavy atom. The van der Waals surface area contributed by atoms with E-state index in [1.165, 1.54) is 18.1 Å². The Morgan fingerprint density at radius 1 is 1.26 bits per heavy atom. The summed E-state index contributed by atoms with van der Waals surface area (Å²) in [5.41, 5.74) is 7.43. The SMILES string of the molecule is CC1(C)OC[C@@H](C(=O)O[C@H](C=O)CN2CCC(CCn3c(Sc4cc5c(cc4Br)OCO5)nc4c(N)ncnc43)CC2)O1. The molecule has 1 aromatic carbocycles. The minimum absolute atomic E-state index is 0.113. The van der Waals surface area contributed by atoms with Crippen LogP contribution in [0.15, 0.2) is 33.0 Å². The first kappa shape index (κ1) is 30.1. The molecule has 2 atom stereocenters. The number of halogens is 1. The topological polar surface area (TPSA) is 153 Å². The van der Waals surface area contributed by atoms with Gasteiger partial charge in [-0.3, -0.25) is 9.69 Å². The van der Waals surface area contributed by atoms with Gasteiger partial charge in [-0.05, 0) is 80.2 Å². The first-order valence-electron chi connectivity index (χ1n) is 14.1. The molecular weight excluding hydrogens is 644 g/mol. The molecule has 3 aromatic rings. The van der Waals surface area contributed by atoms with E-state index in [1.807, 2.05) is 12.1 Å². The Morgan fingerprint density at radius 2 is 2.02 bits per heavy atom. The molecule has 3 aliphatic heterocycles. The maximum atomic E-state index is 12.5. The Kier molecular flexibility index (Phi) is 8.78. The lowest BCUT2D eigenvalue weighted by Gasteiger charge is -2.33. The van der Waals surface area contributed by atoms with Gasteiger partial charge in [0.25, 0.3) is 0 Å². The van der Waals surface area contributed by atoms with Crippen LogP contribution < -0.4 is 15.2 Å². The number of carbonyl (C=O) groups is 2. The summed E-state index contributed by atoms with van der Waals surface area (Å²) in [5.74, 6) is 0.779. The van der Waals surface area contributed by atoms with Crippen molar-refractivity contribution >= 4 is 56.9 Å². The second kappa shape index (κ2) is 12.6. The molecule has 5 heterocycles. The normalized spacial score (nSPS) is 20.9. The molecule has 0 saturated carbocycles. The molecule has 0 unspecified atom stereocenters. The molecule has 0 amide bonds. The molecule has 15 heteroatoms. The smallest absolute Gasteiger partial charge is 0.338 e. The number of aromatic nitrogens is 4. The van der Waals surface area contributed by atoms with Crippen LogP contribution in [0.5, 0.6) is 11.5 Å². The molecule has 0 bridgehead atoms. The number of anilines is 1. The number of imidazole rings is 1. The minimum Gasteiger partial charge on any atom is -0.454 e. The number of ether oxygens (including phenoxy) is 5. The highest BCUT2D eigenvalue weighted by atomic mass is 79.9. The van der Waals surface area contributed by atoms with Crippen molar-refractivity contribution in [1.82, 2.24) is 24.4 Å². The van der Waals surface area contributed by atoms with Gasteiger partial charge in [0, 0.05) is 22.5 Å². The number of nitrogens with two attached hydrogens (primary N) is 1. The first-order chi connectivity index (χ1) is 20.7. The monoisotopic (exact) mass is 676 g/mol. The maximum absolute atomic E-state index is 12.5. The summed E-state index contributed by atoms with van der Waals surface area (Å²) < 4.78 is 30.5. The lowest BCUT2D eigenvalue weighted by molar-refractivity contribution is -0.175. The zero-order chi connectivity index (χ0) is 30.1. The van der Waals surface area contributed by atoms with E-state index >= 15 is 0 Å². The van der Waals surface area contributed by atoms with Crippen LogP contribution >= 0.6 is 27.7 Å². The molecule has 6 rings (SSSR count). The van der Waals surface area contributed by atoms with Gasteiger partial charge in [0.1, 0.15) is 6.33 Å². The quantitative estimate of drug-likeness (QED) is 0.247. The van der Waals surface area contributed by atoms with E-state index in [-0.39, 0.29) is 13.4 Å². The molecule has 2 fully saturated rings. The molecule has 230 valence electrons. The van der Waals surface area contributed by atoms with Crippen LogP contribution in [-0.2, 0) is 30.3 Å². The molecule has 2 aromatic heterocycles. The van der Waals surface area contributed by atoms with E-state index in [4.69, 9.17) is 34.4 Å². The summed E-state index contributed by atoms with van der Waals surface area (Å²) >= 11 is 5.14. The summed E-state index contributed by atoms with van der Waals surface area (Å²) in [6.45, 7) is 6.44. The average molecular weight is 678 g/mol. The third-order valence-corrected chi connectivity index (χ3v) is 9.72.